The predicted molar refractivity (Wildman–Crippen MR) is 34.2 cm³/mol. The standard InChI is InChI=1S/C3H6INO2/c1-5(7-2)3(4)6/h1-2H3. The normalized spacial score (nSPS) is 8.43. The summed E-state index contributed by atoms with van der Waals surface area (Å²) in [5.41, 5.74) is 0. The molecule has 0 spiro atoms. The molecule has 0 N–H and O–H groups in total. The Bertz CT molecular complexity index is 75.3. The number of rotatable bonds is 1. The van der Waals surface area contributed by atoms with Gasteiger partial charge in [0.2, 0.25) is 0 Å². The van der Waals surface area contributed by atoms with Crippen LogP contribution >= 0.6 is 22.6 Å². The van der Waals surface area contributed by atoms with E-state index in [9.17, 15) is 4.79 Å². The molecular weight excluding hydrogens is 209 g/mol. The van der Waals surface area contributed by atoms with Crippen molar-refractivity contribution in [1.82, 2.24) is 5.06 Å². The van der Waals surface area contributed by atoms with Crippen molar-refractivity contribution in [1.29, 1.82) is 0 Å². The summed E-state index contributed by atoms with van der Waals surface area (Å²) in [5, 5.41) is 1.14. The predicted octanol–water partition coefficient (Wildman–Crippen LogP) is 1.03. The van der Waals surface area contributed by atoms with E-state index < -0.39 is 0 Å². The van der Waals surface area contributed by atoms with E-state index in [1.54, 1.807) is 29.6 Å². The Morgan fingerprint density at radius 3 is 2.29 bits per heavy atom. The fraction of sp³-hybridized carbons (Fsp3) is 0.667. The van der Waals surface area contributed by atoms with Crippen molar-refractivity contribution in [2.24, 2.45) is 0 Å². The van der Waals surface area contributed by atoms with Crippen molar-refractivity contribution in [3.8, 4) is 0 Å². The monoisotopic (exact) mass is 215 g/mol. The first kappa shape index (κ1) is 7.16. The van der Waals surface area contributed by atoms with Gasteiger partial charge < -0.3 is 0 Å². The maximum Gasteiger partial charge on any atom is 0.306 e. The topological polar surface area (TPSA) is 29.5 Å². The van der Waals surface area contributed by atoms with Gasteiger partial charge in [-0.15, -0.1) is 0 Å². The molecule has 0 saturated heterocycles. The van der Waals surface area contributed by atoms with Crippen LogP contribution < -0.4 is 0 Å². The van der Waals surface area contributed by atoms with Crippen LogP contribution in [-0.2, 0) is 4.84 Å². The lowest BCUT2D eigenvalue weighted by Gasteiger charge is -2.06. The molecule has 0 aliphatic rings. The van der Waals surface area contributed by atoms with E-state index in [0.717, 1.165) is 5.06 Å². The Hall–Kier alpha value is 0.160. The second-order valence-electron chi connectivity index (χ2n) is 0.933. The van der Waals surface area contributed by atoms with Gasteiger partial charge in [-0.2, -0.15) is 0 Å². The van der Waals surface area contributed by atoms with Gasteiger partial charge in [0.25, 0.3) is 0 Å². The molecule has 0 aromatic rings. The van der Waals surface area contributed by atoms with Gasteiger partial charge in [0.15, 0.2) is 0 Å². The second-order valence-corrected chi connectivity index (χ2v) is 1.86. The Morgan fingerprint density at radius 1 is 1.86 bits per heavy atom. The van der Waals surface area contributed by atoms with Gasteiger partial charge in [-0.1, -0.05) is 0 Å². The first-order valence-corrected chi connectivity index (χ1v) is 2.73. The number of carbonyl (C=O) groups is 1. The molecule has 0 bridgehead atoms. The minimum absolute atomic E-state index is 0.125. The Morgan fingerprint density at radius 2 is 2.29 bits per heavy atom. The third-order valence-electron chi connectivity index (χ3n) is 0.521. The van der Waals surface area contributed by atoms with Gasteiger partial charge in [0, 0.05) is 29.6 Å². The zero-order valence-corrected chi connectivity index (χ0v) is 6.30. The van der Waals surface area contributed by atoms with E-state index in [0.29, 0.717) is 0 Å². The quantitative estimate of drug-likeness (QED) is 0.283. The lowest BCUT2D eigenvalue weighted by molar-refractivity contribution is -0.0533. The van der Waals surface area contributed by atoms with Gasteiger partial charge in [-0.3, -0.25) is 9.63 Å². The molecule has 0 atom stereocenters. The van der Waals surface area contributed by atoms with Gasteiger partial charge >= 0.3 is 3.91 Å². The molecule has 0 aliphatic heterocycles. The van der Waals surface area contributed by atoms with Gasteiger partial charge in [0.1, 0.15) is 0 Å². The molecule has 3 nitrogen and oxygen atoms in total. The molecule has 0 aliphatic carbocycles. The number of hydrogen-bond acceptors (Lipinski definition) is 2. The van der Waals surface area contributed by atoms with Crippen molar-refractivity contribution in [2.75, 3.05) is 14.2 Å². The van der Waals surface area contributed by atoms with Crippen molar-refractivity contribution in [3.05, 3.63) is 0 Å². The molecule has 0 aromatic carbocycles. The van der Waals surface area contributed by atoms with Crippen LogP contribution in [0.5, 0.6) is 0 Å². The van der Waals surface area contributed by atoms with E-state index in [1.807, 2.05) is 0 Å². The van der Waals surface area contributed by atoms with Gasteiger partial charge in [-0.05, 0) is 0 Å². The largest absolute Gasteiger partial charge is 0.306 e. The highest BCUT2D eigenvalue weighted by Gasteiger charge is 1.97. The van der Waals surface area contributed by atoms with Crippen LogP contribution in [-0.4, -0.2) is 23.1 Å². The van der Waals surface area contributed by atoms with Gasteiger partial charge in [-0.25, -0.2) is 5.06 Å². The smallest absolute Gasteiger partial charge is 0.274 e. The van der Waals surface area contributed by atoms with E-state index in [1.165, 1.54) is 7.11 Å². The number of amides is 1. The molecule has 0 rings (SSSR count). The third kappa shape index (κ3) is 2.81. The lowest BCUT2D eigenvalue weighted by atomic mass is 11.2. The maximum absolute atomic E-state index is 10.2. The third-order valence-corrected chi connectivity index (χ3v) is 1.20. The summed E-state index contributed by atoms with van der Waals surface area (Å²) in [7, 11) is 2.99. The second kappa shape index (κ2) is 3.20. The number of nitrogens with zero attached hydrogens (tertiary/aromatic N) is 1. The molecule has 0 heterocycles. The van der Waals surface area contributed by atoms with E-state index in [-0.39, 0.29) is 3.91 Å². The minimum Gasteiger partial charge on any atom is -0.274 e. The Kier molecular flexibility index (Phi) is 3.27. The fourth-order valence-corrected chi connectivity index (χ4v) is 0.269. The highest BCUT2D eigenvalue weighted by Crippen LogP contribution is 1.93. The molecule has 0 saturated carbocycles. The summed E-state index contributed by atoms with van der Waals surface area (Å²) in [5.74, 6) is 0. The summed E-state index contributed by atoms with van der Waals surface area (Å²) >= 11 is 1.63. The van der Waals surface area contributed by atoms with Crippen molar-refractivity contribution in [3.63, 3.8) is 0 Å². The molecule has 1 amide bonds. The van der Waals surface area contributed by atoms with E-state index in [4.69, 9.17) is 0 Å². The molecular formula is C3H6INO2. The first-order chi connectivity index (χ1) is 3.18. The number of hydrogen-bond donors (Lipinski definition) is 0. The summed E-state index contributed by atoms with van der Waals surface area (Å²) < 4.78 is -0.125. The fourth-order valence-electron chi connectivity index (χ4n) is 0.0718. The molecule has 7 heavy (non-hydrogen) atoms. The molecule has 4 heteroatoms. The van der Waals surface area contributed by atoms with Crippen LogP contribution in [0.2, 0.25) is 0 Å². The molecule has 0 radical (unpaired) electrons. The SMILES string of the molecule is CON(C)C(=O)I. The number of hydroxylamine groups is 2. The first-order valence-electron chi connectivity index (χ1n) is 1.65. The van der Waals surface area contributed by atoms with Crippen LogP contribution in [0.1, 0.15) is 0 Å². The maximum atomic E-state index is 10.2. The van der Waals surface area contributed by atoms with Crippen molar-refractivity contribution >= 4 is 26.5 Å². The van der Waals surface area contributed by atoms with Crippen LogP contribution in [0.15, 0.2) is 0 Å². The molecule has 0 aromatic heterocycles. The lowest BCUT2D eigenvalue weighted by Crippen LogP contribution is -2.17. The Labute approximate surface area is 55.7 Å². The molecule has 0 unspecified atom stereocenters. The van der Waals surface area contributed by atoms with Crippen LogP contribution in [0.25, 0.3) is 0 Å². The number of carbonyl (C=O) groups excluding carboxylic acids is 1. The minimum atomic E-state index is -0.125. The van der Waals surface area contributed by atoms with Gasteiger partial charge in [0.05, 0.1) is 7.11 Å². The Balaban J connectivity index is 3.34. The van der Waals surface area contributed by atoms with Crippen LogP contribution in [0, 0.1) is 0 Å². The highest BCUT2D eigenvalue weighted by atomic mass is 127. The summed E-state index contributed by atoms with van der Waals surface area (Å²) in [4.78, 5) is 14.7. The molecule has 0 fully saturated rings. The average molecular weight is 215 g/mol. The highest BCUT2D eigenvalue weighted by molar-refractivity contribution is 14.1. The molecule has 42 valence electrons. The van der Waals surface area contributed by atoms with E-state index in [2.05, 4.69) is 4.84 Å². The number of halogens is 1. The van der Waals surface area contributed by atoms with E-state index >= 15 is 0 Å². The van der Waals surface area contributed by atoms with Crippen molar-refractivity contribution in [2.45, 2.75) is 0 Å². The van der Waals surface area contributed by atoms with Crippen LogP contribution in [0.3, 0.4) is 0 Å². The zero-order valence-electron chi connectivity index (χ0n) is 4.14. The zero-order chi connectivity index (χ0) is 5.86. The van der Waals surface area contributed by atoms with Crippen LogP contribution in [0.4, 0.5) is 4.79 Å². The summed E-state index contributed by atoms with van der Waals surface area (Å²) in [6, 6.07) is 0. The average Bonchev–Trinajstić information content (AvgIpc) is 1.65. The summed E-state index contributed by atoms with van der Waals surface area (Å²) in [6.45, 7) is 0. The van der Waals surface area contributed by atoms with Crippen molar-refractivity contribution < 1.29 is 9.63 Å². The summed E-state index contributed by atoms with van der Waals surface area (Å²) in [6.07, 6.45) is 0.